The number of aliphatic hydroxyl groups excluding tert-OH is 3. The highest BCUT2D eigenvalue weighted by Crippen LogP contribution is 2.24. The van der Waals surface area contributed by atoms with Gasteiger partial charge in [0.1, 0.15) is 11.9 Å². The van der Waals surface area contributed by atoms with Crippen LogP contribution in [-0.2, 0) is 0 Å². The molecule has 17 heavy (non-hydrogen) atoms. The van der Waals surface area contributed by atoms with Crippen molar-refractivity contribution in [3.05, 3.63) is 39.7 Å². The minimum Gasteiger partial charge on any atom is -0.396 e. The van der Waals surface area contributed by atoms with E-state index in [9.17, 15) is 24.7 Å². The van der Waals surface area contributed by atoms with Crippen LogP contribution in [0.4, 0.5) is 10.1 Å². The third kappa shape index (κ3) is 3.45. The summed E-state index contributed by atoms with van der Waals surface area (Å²) in [5.74, 6) is -0.871. The van der Waals surface area contributed by atoms with Gasteiger partial charge in [0.05, 0.1) is 17.1 Å². The molecule has 0 bridgehead atoms. The van der Waals surface area contributed by atoms with E-state index in [1.165, 1.54) is 0 Å². The lowest BCUT2D eigenvalue weighted by molar-refractivity contribution is -0.385. The van der Waals surface area contributed by atoms with Gasteiger partial charge < -0.3 is 15.3 Å². The summed E-state index contributed by atoms with van der Waals surface area (Å²) < 4.78 is 13.1. The van der Waals surface area contributed by atoms with Crippen LogP contribution < -0.4 is 0 Å². The van der Waals surface area contributed by atoms with Crippen molar-refractivity contribution in [1.29, 1.82) is 0 Å². The number of rotatable bonds is 5. The van der Waals surface area contributed by atoms with Crippen molar-refractivity contribution in [2.75, 3.05) is 6.61 Å². The van der Waals surface area contributed by atoms with Crippen LogP contribution in [0.15, 0.2) is 18.2 Å². The van der Waals surface area contributed by atoms with Crippen molar-refractivity contribution in [3.8, 4) is 0 Å². The number of hydrogen-bond donors (Lipinski definition) is 3. The van der Waals surface area contributed by atoms with E-state index in [0.29, 0.717) is 6.07 Å². The number of benzene rings is 1. The Balaban J connectivity index is 3.01. The van der Waals surface area contributed by atoms with E-state index < -0.39 is 28.6 Å². The van der Waals surface area contributed by atoms with Crippen molar-refractivity contribution in [2.24, 2.45) is 0 Å². The largest absolute Gasteiger partial charge is 0.396 e. The summed E-state index contributed by atoms with van der Waals surface area (Å²) in [7, 11) is 0. The molecule has 2 atom stereocenters. The van der Waals surface area contributed by atoms with Gasteiger partial charge in [0.2, 0.25) is 0 Å². The van der Waals surface area contributed by atoms with Crippen molar-refractivity contribution in [2.45, 2.75) is 18.6 Å². The van der Waals surface area contributed by atoms with Crippen LogP contribution in [0.5, 0.6) is 0 Å². The van der Waals surface area contributed by atoms with Crippen molar-refractivity contribution in [3.63, 3.8) is 0 Å². The van der Waals surface area contributed by atoms with Gasteiger partial charge in [-0.15, -0.1) is 0 Å². The van der Waals surface area contributed by atoms with Gasteiger partial charge in [-0.3, -0.25) is 10.1 Å². The molecule has 0 spiro atoms. The predicted octanol–water partition coefficient (Wildman–Crippen LogP) is 0.511. The van der Waals surface area contributed by atoms with Crippen LogP contribution in [0.25, 0.3) is 0 Å². The molecule has 1 rings (SSSR count). The average Bonchev–Trinajstić information content (AvgIpc) is 2.27. The first-order valence-corrected chi connectivity index (χ1v) is 4.87. The molecule has 0 saturated heterocycles. The number of non-ortho nitro benzene ring substituents is 1. The van der Waals surface area contributed by atoms with Gasteiger partial charge in [0.15, 0.2) is 0 Å². The lowest BCUT2D eigenvalue weighted by Crippen LogP contribution is -2.19. The number of halogens is 1. The summed E-state index contributed by atoms with van der Waals surface area (Å²) in [6, 6.07) is 2.60. The highest BCUT2D eigenvalue weighted by Gasteiger charge is 2.21. The Bertz CT molecular complexity index is 412. The van der Waals surface area contributed by atoms with E-state index in [0.717, 1.165) is 12.1 Å². The lowest BCUT2D eigenvalue weighted by Gasteiger charge is -2.17. The second kappa shape index (κ2) is 5.67. The van der Waals surface area contributed by atoms with E-state index in [4.69, 9.17) is 5.11 Å². The molecule has 0 saturated carbocycles. The SMILES string of the molecule is O=[N+]([O-])c1cc(F)cc(C(O)C(O)CCO)c1. The topological polar surface area (TPSA) is 104 Å². The van der Waals surface area contributed by atoms with Crippen LogP contribution in [0.1, 0.15) is 18.1 Å². The summed E-state index contributed by atoms with van der Waals surface area (Å²) in [4.78, 5) is 9.68. The van der Waals surface area contributed by atoms with Gasteiger partial charge >= 0.3 is 0 Å². The molecule has 6 nitrogen and oxygen atoms in total. The van der Waals surface area contributed by atoms with Crippen LogP contribution in [0, 0.1) is 15.9 Å². The van der Waals surface area contributed by atoms with Crippen LogP contribution in [-0.4, -0.2) is 33.0 Å². The Morgan fingerprint density at radius 1 is 1.35 bits per heavy atom. The molecular weight excluding hydrogens is 233 g/mol. The molecule has 1 aromatic rings. The first-order chi connectivity index (χ1) is 7.95. The van der Waals surface area contributed by atoms with E-state index in [1.54, 1.807) is 0 Å². The van der Waals surface area contributed by atoms with Gasteiger partial charge in [-0.25, -0.2) is 4.39 Å². The number of hydrogen-bond acceptors (Lipinski definition) is 5. The summed E-state index contributed by atoms with van der Waals surface area (Å²) in [5, 5.41) is 38.0. The normalized spacial score (nSPS) is 14.4. The van der Waals surface area contributed by atoms with E-state index in [-0.39, 0.29) is 18.6 Å². The number of nitrogens with zero attached hydrogens (tertiary/aromatic N) is 1. The molecule has 0 amide bonds. The third-order valence-corrected chi connectivity index (χ3v) is 2.25. The fourth-order valence-corrected chi connectivity index (χ4v) is 1.38. The Kier molecular flexibility index (Phi) is 4.50. The van der Waals surface area contributed by atoms with Gasteiger partial charge in [-0.05, 0) is 18.1 Å². The first kappa shape index (κ1) is 13.5. The lowest BCUT2D eigenvalue weighted by atomic mass is 10.0. The van der Waals surface area contributed by atoms with Crippen molar-refractivity contribution >= 4 is 5.69 Å². The Labute approximate surface area is 96.1 Å². The Hall–Kier alpha value is -1.57. The second-order valence-electron chi connectivity index (χ2n) is 3.52. The van der Waals surface area contributed by atoms with Crippen molar-refractivity contribution < 1.29 is 24.6 Å². The molecule has 2 unspecified atom stereocenters. The highest BCUT2D eigenvalue weighted by molar-refractivity contribution is 5.36. The van der Waals surface area contributed by atoms with Crippen molar-refractivity contribution in [1.82, 2.24) is 0 Å². The Morgan fingerprint density at radius 3 is 2.53 bits per heavy atom. The summed E-state index contributed by atoms with van der Waals surface area (Å²) in [6.45, 7) is -0.352. The minimum atomic E-state index is -1.48. The fourth-order valence-electron chi connectivity index (χ4n) is 1.38. The smallest absolute Gasteiger partial charge is 0.272 e. The summed E-state index contributed by atoms with van der Waals surface area (Å²) in [6.07, 6.45) is -2.89. The quantitative estimate of drug-likeness (QED) is 0.518. The molecule has 0 radical (unpaired) electrons. The molecular formula is C10H12FNO5. The molecule has 3 N–H and O–H groups in total. The Morgan fingerprint density at radius 2 is 2.00 bits per heavy atom. The minimum absolute atomic E-state index is 0.0994. The maximum atomic E-state index is 13.1. The highest BCUT2D eigenvalue weighted by atomic mass is 19.1. The average molecular weight is 245 g/mol. The molecule has 94 valence electrons. The molecule has 0 heterocycles. The predicted molar refractivity (Wildman–Crippen MR) is 55.7 cm³/mol. The first-order valence-electron chi connectivity index (χ1n) is 4.87. The zero-order valence-electron chi connectivity index (χ0n) is 8.78. The molecule has 0 aromatic heterocycles. The van der Waals surface area contributed by atoms with E-state index in [1.807, 2.05) is 0 Å². The monoisotopic (exact) mass is 245 g/mol. The summed E-state index contributed by atoms with van der Waals surface area (Å²) in [5.41, 5.74) is -0.604. The number of aliphatic hydroxyl groups is 3. The molecule has 0 fully saturated rings. The van der Waals surface area contributed by atoms with Gasteiger partial charge in [-0.1, -0.05) is 0 Å². The van der Waals surface area contributed by atoms with Gasteiger partial charge in [0, 0.05) is 12.7 Å². The number of nitro groups is 1. The molecule has 7 heteroatoms. The zero-order valence-corrected chi connectivity index (χ0v) is 8.78. The molecule has 0 aliphatic heterocycles. The fraction of sp³-hybridized carbons (Fsp3) is 0.400. The standard InChI is InChI=1S/C10H12FNO5/c11-7-3-6(4-8(5-7)12(16)17)10(15)9(14)1-2-13/h3-5,9-10,13-15H,1-2H2. The molecule has 1 aromatic carbocycles. The van der Waals surface area contributed by atoms with Crippen LogP contribution in [0.2, 0.25) is 0 Å². The van der Waals surface area contributed by atoms with Crippen LogP contribution in [0.3, 0.4) is 0 Å². The summed E-state index contributed by atoms with van der Waals surface area (Å²) >= 11 is 0. The zero-order chi connectivity index (χ0) is 13.0. The second-order valence-corrected chi connectivity index (χ2v) is 3.52. The van der Waals surface area contributed by atoms with E-state index in [2.05, 4.69) is 0 Å². The number of nitro benzene ring substituents is 1. The van der Waals surface area contributed by atoms with Gasteiger partial charge in [0.25, 0.3) is 5.69 Å². The molecule has 0 aliphatic rings. The maximum Gasteiger partial charge on any atom is 0.272 e. The maximum absolute atomic E-state index is 13.1. The van der Waals surface area contributed by atoms with Crippen LogP contribution >= 0.6 is 0 Å². The van der Waals surface area contributed by atoms with Gasteiger partial charge in [-0.2, -0.15) is 0 Å². The van der Waals surface area contributed by atoms with E-state index >= 15 is 0 Å². The third-order valence-electron chi connectivity index (χ3n) is 2.25. The molecule has 0 aliphatic carbocycles.